The molecule has 1 N–H and O–H groups in total. The van der Waals surface area contributed by atoms with Gasteiger partial charge in [0.2, 0.25) is 11.5 Å². The standard InChI is InChI=1S/C9H7N5O5/c1-12-3-2-10-7(8(12)15)13-4-5(14(18)19)6(11-13)9(16)17/h2-4H,1H3,(H,16,17). The number of rotatable bonds is 3. The molecule has 0 saturated carbocycles. The van der Waals surface area contributed by atoms with Crippen molar-refractivity contribution < 1.29 is 14.8 Å². The van der Waals surface area contributed by atoms with Gasteiger partial charge in [0.05, 0.1) is 4.92 Å². The second-order valence-corrected chi connectivity index (χ2v) is 3.54. The van der Waals surface area contributed by atoms with Gasteiger partial charge in [-0.1, -0.05) is 0 Å². The van der Waals surface area contributed by atoms with Crippen LogP contribution in [0.15, 0.2) is 23.4 Å². The van der Waals surface area contributed by atoms with Gasteiger partial charge in [0.25, 0.3) is 5.56 Å². The van der Waals surface area contributed by atoms with Crippen molar-refractivity contribution in [1.82, 2.24) is 19.3 Å². The van der Waals surface area contributed by atoms with Crippen LogP contribution in [0, 0.1) is 10.1 Å². The van der Waals surface area contributed by atoms with E-state index in [0.29, 0.717) is 0 Å². The van der Waals surface area contributed by atoms with E-state index in [1.54, 1.807) is 0 Å². The van der Waals surface area contributed by atoms with Crippen LogP contribution in [-0.2, 0) is 7.05 Å². The second kappa shape index (κ2) is 4.33. The van der Waals surface area contributed by atoms with Crippen LogP contribution in [0.2, 0.25) is 0 Å². The number of hydrogen-bond donors (Lipinski definition) is 1. The van der Waals surface area contributed by atoms with Crippen LogP contribution < -0.4 is 5.56 Å². The molecule has 10 heteroatoms. The van der Waals surface area contributed by atoms with Crippen molar-refractivity contribution in [3.8, 4) is 5.82 Å². The van der Waals surface area contributed by atoms with E-state index in [-0.39, 0.29) is 5.82 Å². The zero-order valence-electron chi connectivity index (χ0n) is 9.55. The summed E-state index contributed by atoms with van der Waals surface area (Å²) in [5, 5.41) is 23.0. The van der Waals surface area contributed by atoms with E-state index in [4.69, 9.17) is 5.11 Å². The Kier molecular flexibility index (Phi) is 2.83. The summed E-state index contributed by atoms with van der Waals surface area (Å²) in [4.78, 5) is 36.1. The molecule has 0 aromatic carbocycles. The van der Waals surface area contributed by atoms with Gasteiger partial charge in [-0.3, -0.25) is 14.9 Å². The van der Waals surface area contributed by atoms with Gasteiger partial charge >= 0.3 is 11.7 Å². The molecule has 98 valence electrons. The third kappa shape index (κ3) is 2.06. The molecule has 0 radical (unpaired) electrons. The molecule has 0 aliphatic heterocycles. The summed E-state index contributed by atoms with van der Waals surface area (Å²) >= 11 is 0. The number of aryl methyl sites for hydroxylation is 1. The van der Waals surface area contributed by atoms with Crippen molar-refractivity contribution in [2.45, 2.75) is 0 Å². The summed E-state index contributed by atoms with van der Waals surface area (Å²) in [6.45, 7) is 0. The van der Waals surface area contributed by atoms with Gasteiger partial charge in [-0.2, -0.15) is 5.10 Å². The first-order valence-electron chi connectivity index (χ1n) is 4.91. The van der Waals surface area contributed by atoms with E-state index in [1.807, 2.05) is 0 Å². The van der Waals surface area contributed by atoms with Gasteiger partial charge in [0.15, 0.2) is 0 Å². The van der Waals surface area contributed by atoms with Gasteiger partial charge in [-0.15, -0.1) is 0 Å². The number of carboxylic acids is 1. The monoisotopic (exact) mass is 265 g/mol. The fourth-order valence-corrected chi connectivity index (χ4v) is 1.40. The van der Waals surface area contributed by atoms with Gasteiger partial charge in [0, 0.05) is 19.4 Å². The number of hydrogen-bond acceptors (Lipinski definition) is 6. The lowest BCUT2D eigenvalue weighted by Crippen LogP contribution is -2.23. The Balaban J connectivity index is 2.68. The van der Waals surface area contributed by atoms with E-state index >= 15 is 0 Å². The molecule has 0 unspecified atom stereocenters. The number of aromatic nitrogens is 4. The summed E-state index contributed by atoms with van der Waals surface area (Å²) in [6.07, 6.45) is 3.53. The molecular weight excluding hydrogens is 258 g/mol. The molecule has 0 aliphatic carbocycles. The summed E-state index contributed by atoms with van der Waals surface area (Å²) in [5.41, 5.74) is -2.02. The highest BCUT2D eigenvalue weighted by Crippen LogP contribution is 2.17. The highest BCUT2D eigenvalue weighted by Gasteiger charge is 2.26. The molecule has 2 rings (SSSR count). The molecule has 0 spiro atoms. The number of carbonyl (C=O) groups is 1. The van der Waals surface area contributed by atoms with E-state index in [0.717, 1.165) is 10.9 Å². The van der Waals surface area contributed by atoms with Crippen molar-refractivity contribution in [3.05, 3.63) is 44.8 Å². The normalized spacial score (nSPS) is 10.4. The molecule has 0 fully saturated rings. The third-order valence-electron chi connectivity index (χ3n) is 2.31. The van der Waals surface area contributed by atoms with E-state index in [1.165, 1.54) is 24.0 Å². The quantitative estimate of drug-likeness (QED) is 0.588. The first-order valence-corrected chi connectivity index (χ1v) is 4.91. The number of nitrogens with zero attached hydrogens (tertiary/aromatic N) is 5. The molecule has 10 nitrogen and oxygen atoms in total. The average molecular weight is 265 g/mol. The first kappa shape index (κ1) is 12.4. The van der Waals surface area contributed by atoms with E-state index in [2.05, 4.69) is 10.1 Å². The third-order valence-corrected chi connectivity index (χ3v) is 2.31. The Bertz CT molecular complexity index is 699. The van der Waals surface area contributed by atoms with E-state index < -0.39 is 27.8 Å². The highest BCUT2D eigenvalue weighted by atomic mass is 16.6. The van der Waals surface area contributed by atoms with Crippen LogP contribution in [0.3, 0.4) is 0 Å². The maximum atomic E-state index is 11.8. The predicted octanol–water partition coefficient (Wildman–Crippen LogP) is -0.428. The fraction of sp³-hybridized carbons (Fsp3) is 0.111. The van der Waals surface area contributed by atoms with Crippen LogP contribution >= 0.6 is 0 Å². The molecular formula is C9H7N5O5. The maximum Gasteiger partial charge on any atom is 0.363 e. The Labute approximate surface area is 104 Å². The van der Waals surface area contributed by atoms with Crippen molar-refractivity contribution in [2.24, 2.45) is 7.05 Å². The van der Waals surface area contributed by atoms with Crippen LogP contribution in [-0.4, -0.2) is 35.3 Å². The van der Waals surface area contributed by atoms with Crippen molar-refractivity contribution in [1.29, 1.82) is 0 Å². The zero-order chi connectivity index (χ0) is 14.2. The Hall–Kier alpha value is -3.04. The van der Waals surface area contributed by atoms with Gasteiger partial charge in [0.1, 0.15) is 6.20 Å². The molecule has 0 aliphatic rings. The van der Waals surface area contributed by atoms with Gasteiger partial charge in [-0.05, 0) is 0 Å². The molecule has 0 atom stereocenters. The molecule has 2 heterocycles. The lowest BCUT2D eigenvalue weighted by Gasteiger charge is -2.00. The lowest BCUT2D eigenvalue weighted by molar-refractivity contribution is -0.385. The summed E-state index contributed by atoms with van der Waals surface area (Å²) in [7, 11) is 1.46. The average Bonchev–Trinajstić information content (AvgIpc) is 2.77. The van der Waals surface area contributed by atoms with Crippen molar-refractivity contribution >= 4 is 11.7 Å². The molecule has 0 saturated heterocycles. The highest BCUT2D eigenvalue weighted by molar-refractivity contribution is 5.89. The van der Waals surface area contributed by atoms with Crippen LogP contribution in [0.1, 0.15) is 10.5 Å². The molecule has 2 aromatic heterocycles. The van der Waals surface area contributed by atoms with Crippen molar-refractivity contribution in [2.75, 3.05) is 0 Å². The Morgan fingerprint density at radius 3 is 2.74 bits per heavy atom. The molecule has 0 bridgehead atoms. The summed E-state index contributed by atoms with van der Waals surface area (Å²) in [5.74, 6) is -1.78. The second-order valence-electron chi connectivity index (χ2n) is 3.54. The minimum atomic E-state index is -1.56. The van der Waals surface area contributed by atoms with Crippen LogP contribution in [0.4, 0.5) is 5.69 Å². The predicted molar refractivity (Wildman–Crippen MR) is 60.2 cm³/mol. The Morgan fingerprint density at radius 2 is 2.21 bits per heavy atom. The molecule has 19 heavy (non-hydrogen) atoms. The zero-order valence-corrected chi connectivity index (χ0v) is 9.55. The van der Waals surface area contributed by atoms with E-state index in [9.17, 15) is 19.7 Å². The SMILES string of the molecule is Cn1ccnc(-n2cc([N+](=O)[O-])c(C(=O)O)n2)c1=O. The minimum Gasteiger partial charge on any atom is -0.476 e. The summed E-state index contributed by atoms with van der Waals surface area (Å²) in [6, 6.07) is 0. The van der Waals surface area contributed by atoms with Gasteiger partial charge < -0.3 is 9.67 Å². The number of aromatic carboxylic acids is 1. The molecule has 2 aromatic rings. The smallest absolute Gasteiger partial charge is 0.363 e. The molecule has 0 amide bonds. The Morgan fingerprint density at radius 1 is 1.53 bits per heavy atom. The number of carboxylic acid groups (broad SMARTS) is 1. The minimum absolute atomic E-state index is 0.222. The lowest BCUT2D eigenvalue weighted by atomic mass is 10.4. The summed E-state index contributed by atoms with van der Waals surface area (Å²) < 4.78 is 1.97. The topological polar surface area (TPSA) is 133 Å². The maximum absolute atomic E-state index is 11.8. The largest absolute Gasteiger partial charge is 0.476 e. The number of nitro groups is 1. The van der Waals surface area contributed by atoms with Gasteiger partial charge in [-0.25, -0.2) is 14.5 Å². The van der Waals surface area contributed by atoms with Crippen LogP contribution in [0.5, 0.6) is 0 Å². The fourth-order valence-electron chi connectivity index (χ4n) is 1.40. The van der Waals surface area contributed by atoms with Crippen molar-refractivity contribution in [3.63, 3.8) is 0 Å². The first-order chi connectivity index (χ1) is 8.91. The van der Waals surface area contributed by atoms with Crippen LogP contribution in [0.25, 0.3) is 5.82 Å².